The highest BCUT2D eigenvalue weighted by atomic mass is 19.4. The average molecular weight is 296 g/mol. The summed E-state index contributed by atoms with van der Waals surface area (Å²) in [5.41, 5.74) is 2.16. The summed E-state index contributed by atoms with van der Waals surface area (Å²) in [6.45, 7) is 0.615. The number of H-pyrrole nitrogens is 1. The van der Waals surface area contributed by atoms with E-state index in [9.17, 15) is 13.2 Å². The van der Waals surface area contributed by atoms with Gasteiger partial charge in [0.15, 0.2) is 0 Å². The lowest BCUT2D eigenvalue weighted by Gasteiger charge is -2.31. The fraction of sp³-hybridized carbons (Fsp3) is 0.500. The summed E-state index contributed by atoms with van der Waals surface area (Å²) in [6.07, 6.45) is -0.209. The quantitative estimate of drug-likeness (QED) is 0.864. The van der Waals surface area contributed by atoms with Crippen LogP contribution < -0.4 is 5.32 Å². The van der Waals surface area contributed by atoms with E-state index in [0.717, 1.165) is 22.9 Å². The number of aromatic nitrogens is 1. The number of benzene rings is 1. The van der Waals surface area contributed by atoms with Gasteiger partial charge in [0.25, 0.3) is 0 Å². The standard InChI is InChI=1S/C16H19F3N2/c17-16(18,19)13-2-1-3-14(9-13)21-10-11-4-5-12-6-7-20-15(12)8-11/h4-8,13-14,20-21H,1-3,9-10H2. The third-order valence-electron chi connectivity index (χ3n) is 4.35. The first-order valence-electron chi connectivity index (χ1n) is 7.38. The van der Waals surface area contributed by atoms with Crippen molar-refractivity contribution in [2.45, 2.75) is 44.4 Å². The van der Waals surface area contributed by atoms with Crippen LogP contribution in [0.25, 0.3) is 10.9 Å². The van der Waals surface area contributed by atoms with Crippen LogP contribution in [0.4, 0.5) is 13.2 Å². The van der Waals surface area contributed by atoms with Gasteiger partial charge in [-0.05, 0) is 42.3 Å². The van der Waals surface area contributed by atoms with Gasteiger partial charge >= 0.3 is 6.18 Å². The van der Waals surface area contributed by atoms with Crippen molar-refractivity contribution >= 4 is 10.9 Å². The van der Waals surface area contributed by atoms with Crippen LogP contribution >= 0.6 is 0 Å². The molecular weight excluding hydrogens is 277 g/mol. The summed E-state index contributed by atoms with van der Waals surface area (Å²) < 4.78 is 38.4. The van der Waals surface area contributed by atoms with Crippen molar-refractivity contribution in [1.82, 2.24) is 10.3 Å². The number of halogens is 3. The van der Waals surface area contributed by atoms with Crippen LogP contribution in [-0.4, -0.2) is 17.2 Å². The topological polar surface area (TPSA) is 27.8 Å². The van der Waals surface area contributed by atoms with Crippen molar-refractivity contribution in [2.24, 2.45) is 5.92 Å². The first-order chi connectivity index (χ1) is 10.0. The smallest absolute Gasteiger partial charge is 0.361 e. The molecule has 5 heteroatoms. The van der Waals surface area contributed by atoms with Gasteiger partial charge in [0.1, 0.15) is 0 Å². The second-order valence-corrected chi connectivity index (χ2v) is 5.88. The molecule has 0 spiro atoms. The van der Waals surface area contributed by atoms with Crippen LogP contribution in [0.1, 0.15) is 31.2 Å². The Bertz CT molecular complexity index is 603. The highest BCUT2D eigenvalue weighted by molar-refractivity contribution is 5.79. The lowest BCUT2D eigenvalue weighted by atomic mass is 9.85. The number of alkyl halides is 3. The lowest BCUT2D eigenvalue weighted by molar-refractivity contribution is -0.183. The highest BCUT2D eigenvalue weighted by Gasteiger charge is 2.41. The molecule has 2 atom stereocenters. The molecule has 1 aromatic carbocycles. The van der Waals surface area contributed by atoms with Gasteiger partial charge in [0, 0.05) is 24.3 Å². The maximum atomic E-state index is 12.8. The van der Waals surface area contributed by atoms with Crippen LogP contribution in [0.5, 0.6) is 0 Å². The summed E-state index contributed by atoms with van der Waals surface area (Å²) in [7, 11) is 0. The van der Waals surface area contributed by atoms with E-state index in [2.05, 4.69) is 10.3 Å². The minimum Gasteiger partial charge on any atom is -0.361 e. The van der Waals surface area contributed by atoms with Gasteiger partial charge in [0.05, 0.1) is 5.92 Å². The fourth-order valence-corrected chi connectivity index (χ4v) is 3.14. The summed E-state index contributed by atoms with van der Waals surface area (Å²) >= 11 is 0. The Labute approximate surface area is 121 Å². The molecule has 21 heavy (non-hydrogen) atoms. The van der Waals surface area contributed by atoms with Gasteiger partial charge in [-0.25, -0.2) is 0 Å². The monoisotopic (exact) mass is 296 g/mol. The summed E-state index contributed by atoms with van der Waals surface area (Å²) in [5.74, 6) is -1.14. The zero-order valence-electron chi connectivity index (χ0n) is 11.7. The number of aromatic amines is 1. The minimum absolute atomic E-state index is 0.0373. The molecule has 2 N–H and O–H groups in total. The predicted octanol–water partition coefficient (Wildman–Crippen LogP) is 4.38. The van der Waals surface area contributed by atoms with E-state index >= 15 is 0 Å². The molecule has 0 aliphatic heterocycles. The summed E-state index contributed by atoms with van der Waals surface area (Å²) in [5, 5.41) is 4.43. The Morgan fingerprint density at radius 2 is 2.05 bits per heavy atom. The van der Waals surface area contributed by atoms with Crippen molar-refractivity contribution < 1.29 is 13.2 Å². The molecule has 2 nitrogen and oxygen atoms in total. The zero-order valence-corrected chi connectivity index (χ0v) is 11.7. The van der Waals surface area contributed by atoms with Crippen molar-refractivity contribution in [1.29, 1.82) is 0 Å². The Morgan fingerprint density at radius 3 is 2.86 bits per heavy atom. The number of hydrogen-bond donors (Lipinski definition) is 2. The van der Waals surface area contributed by atoms with Crippen LogP contribution in [0, 0.1) is 5.92 Å². The Balaban J connectivity index is 1.59. The molecule has 1 aromatic heterocycles. The largest absolute Gasteiger partial charge is 0.391 e. The molecule has 2 aromatic rings. The molecule has 114 valence electrons. The van der Waals surface area contributed by atoms with E-state index in [4.69, 9.17) is 0 Å². The van der Waals surface area contributed by atoms with E-state index < -0.39 is 12.1 Å². The van der Waals surface area contributed by atoms with Gasteiger partial charge in [-0.3, -0.25) is 0 Å². The van der Waals surface area contributed by atoms with Crippen molar-refractivity contribution in [3.63, 3.8) is 0 Å². The molecular formula is C16H19F3N2. The number of fused-ring (bicyclic) bond motifs is 1. The Hall–Kier alpha value is -1.49. The van der Waals surface area contributed by atoms with Crippen molar-refractivity contribution in [2.75, 3.05) is 0 Å². The second-order valence-electron chi connectivity index (χ2n) is 5.88. The molecule has 1 fully saturated rings. The van der Waals surface area contributed by atoms with Crippen LogP contribution in [0.15, 0.2) is 30.5 Å². The van der Waals surface area contributed by atoms with E-state index in [1.165, 1.54) is 0 Å². The predicted molar refractivity (Wildman–Crippen MR) is 76.9 cm³/mol. The van der Waals surface area contributed by atoms with Gasteiger partial charge < -0.3 is 10.3 Å². The zero-order chi connectivity index (χ0) is 14.9. The fourth-order valence-electron chi connectivity index (χ4n) is 3.14. The van der Waals surface area contributed by atoms with E-state index in [1.54, 1.807) is 0 Å². The maximum absolute atomic E-state index is 12.8. The average Bonchev–Trinajstić information content (AvgIpc) is 2.92. The first-order valence-corrected chi connectivity index (χ1v) is 7.38. The molecule has 3 rings (SSSR count). The third-order valence-corrected chi connectivity index (χ3v) is 4.35. The minimum atomic E-state index is -4.05. The number of hydrogen-bond acceptors (Lipinski definition) is 1. The summed E-state index contributed by atoms with van der Waals surface area (Å²) in [6, 6.07) is 8.06. The first kappa shape index (κ1) is 14.4. The van der Waals surface area contributed by atoms with Gasteiger partial charge in [0.2, 0.25) is 0 Å². The highest BCUT2D eigenvalue weighted by Crippen LogP contribution is 2.37. The molecule has 2 unspecified atom stereocenters. The number of nitrogens with one attached hydrogen (secondary N) is 2. The maximum Gasteiger partial charge on any atom is 0.391 e. The molecule has 0 radical (unpaired) electrons. The molecule has 1 aliphatic carbocycles. The molecule has 0 bridgehead atoms. The summed E-state index contributed by atoms with van der Waals surface area (Å²) in [4.78, 5) is 3.15. The third kappa shape index (κ3) is 3.40. The van der Waals surface area contributed by atoms with Crippen molar-refractivity contribution in [3.8, 4) is 0 Å². The molecule has 0 amide bonds. The molecule has 1 saturated carbocycles. The van der Waals surface area contributed by atoms with E-state index in [0.29, 0.717) is 13.0 Å². The van der Waals surface area contributed by atoms with Gasteiger partial charge in [-0.1, -0.05) is 18.6 Å². The molecule has 1 heterocycles. The van der Waals surface area contributed by atoms with Crippen LogP contribution in [0.3, 0.4) is 0 Å². The number of rotatable bonds is 3. The van der Waals surface area contributed by atoms with Crippen LogP contribution in [-0.2, 0) is 6.54 Å². The Kier molecular flexibility index (Phi) is 3.93. The lowest BCUT2D eigenvalue weighted by Crippen LogP contribution is -2.38. The SMILES string of the molecule is FC(F)(F)C1CCCC(NCc2ccc3cc[nH]c3c2)C1. The molecule has 0 saturated heterocycles. The van der Waals surface area contributed by atoms with Crippen molar-refractivity contribution in [3.05, 3.63) is 36.0 Å². The van der Waals surface area contributed by atoms with Gasteiger partial charge in [-0.15, -0.1) is 0 Å². The normalized spacial score (nSPS) is 23.6. The molecule has 1 aliphatic rings. The van der Waals surface area contributed by atoms with E-state index in [-0.39, 0.29) is 18.9 Å². The van der Waals surface area contributed by atoms with Crippen LogP contribution in [0.2, 0.25) is 0 Å². The second kappa shape index (κ2) is 5.72. The van der Waals surface area contributed by atoms with E-state index in [1.807, 2.05) is 30.5 Å². The van der Waals surface area contributed by atoms with Gasteiger partial charge in [-0.2, -0.15) is 13.2 Å². The Morgan fingerprint density at radius 1 is 1.19 bits per heavy atom.